The van der Waals surface area contributed by atoms with Crippen LogP contribution in [0, 0.1) is 12.7 Å². The summed E-state index contributed by atoms with van der Waals surface area (Å²) in [5.41, 5.74) is 2.94. The van der Waals surface area contributed by atoms with Crippen molar-refractivity contribution in [2.24, 2.45) is 0 Å². The van der Waals surface area contributed by atoms with E-state index in [0.717, 1.165) is 24.4 Å². The topological polar surface area (TPSA) is 21.3 Å². The van der Waals surface area contributed by atoms with Gasteiger partial charge in [-0.05, 0) is 41.8 Å². The number of benzene rings is 2. The monoisotopic (exact) mass is 285 g/mol. The molecule has 0 spiro atoms. The summed E-state index contributed by atoms with van der Waals surface area (Å²) in [6, 6.07) is 13.1. The van der Waals surface area contributed by atoms with Crippen LogP contribution in [-0.4, -0.2) is 6.61 Å². The van der Waals surface area contributed by atoms with Crippen LogP contribution in [0.1, 0.15) is 16.7 Å². The first-order valence-corrected chi connectivity index (χ1v) is 6.97. The summed E-state index contributed by atoms with van der Waals surface area (Å²) < 4.78 is 18.6. The summed E-state index contributed by atoms with van der Waals surface area (Å²) in [5.74, 6) is 0.682. The van der Waals surface area contributed by atoms with Crippen molar-refractivity contribution in [3.63, 3.8) is 0 Å². The molecule has 0 heterocycles. The van der Waals surface area contributed by atoms with Gasteiger partial charge in [-0.3, -0.25) is 0 Å². The van der Waals surface area contributed by atoms with Crippen LogP contribution >= 0.6 is 0 Å². The summed E-state index contributed by atoms with van der Waals surface area (Å²) in [4.78, 5) is 0. The van der Waals surface area contributed by atoms with Crippen LogP contribution in [0.5, 0.6) is 5.75 Å². The Kier molecular flexibility index (Phi) is 5.52. The van der Waals surface area contributed by atoms with Gasteiger partial charge in [0.2, 0.25) is 0 Å². The number of nitrogens with one attached hydrogen (secondary N) is 1. The van der Waals surface area contributed by atoms with Crippen LogP contribution in [0.15, 0.2) is 55.1 Å². The first-order chi connectivity index (χ1) is 10.2. The molecule has 110 valence electrons. The Hall–Kier alpha value is -2.13. The maximum atomic E-state index is 13.2. The molecule has 0 saturated carbocycles. The van der Waals surface area contributed by atoms with Crippen molar-refractivity contribution in [3.8, 4) is 5.75 Å². The second kappa shape index (κ2) is 7.60. The molecule has 1 N–H and O–H groups in total. The summed E-state index contributed by atoms with van der Waals surface area (Å²) >= 11 is 0. The van der Waals surface area contributed by atoms with E-state index in [9.17, 15) is 4.39 Å². The average Bonchev–Trinajstić information content (AvgIpc) is 2.50. The number of ether oxygens (including phenoxy) is 1. The Balaban J connectivity index is 1.82. The Labute approximate surface area is 125 Å². The lowest BCUT2D eigenvalue weighted by molar-refractivity contribution is 0.363. The van der Waals surface area contributed by atoms with E-state index in [1.165, 1.54) is 11.6 Å². The molecule has 0 amide bonds. The van der Waals surface area contributed by atoms with Crippen LogP contribution in [-0.2, 0) is 13.1 Å². The molecule has 0 radical (unpaired) electrons. The second-order valence-electron chi connectivity index (χ2n) is 4.93. The molecule has 3 heteroatoms. The molecule has 0 fully saturated rings. The highest BCUT2D eigenvalue weighted by Gasteiger charge is 1.99. The quantitative estimate of drug-likeness (QED) is 0.777. The van der Waals surface area contributed by atoms with E-state index in [0.29, 0.717) is 12.2 Å². The third-order valence-corrected chi connectivity index (χ3v) is 3.17. The molecule has 0 aliphatic heterocycles. The Bertz CT molecular complexity index is 593. The van der Waals surface area contributed by atoms with Crippen molar-refractivity contribution < 1.29 is 9.13 Å². The number of hydrogen-bond acceptors (Lipinski definition) is 2. The van der Waals surface area contributed by atoms with Gasteiger partial charge in [-0.25, -0.2) is 4.39 Å². The molecule has 0 bridgehead atoms. The molecule has 2 aromatic carbocycles. The van der Waals surface area contributed by atoms with Gasteiger partial charge in [0.25, 0.3) is 0 Å². The van der Waals surface area contributed by atoms with Gasteiger partial charge in [0.05, 0.1) is 0 Å². The van der Waals surface area contributed by atoms with E-state index < -0.39 is 0 Å². The molecular weight excluding hydrogens is 265 g/mol. The first kappa shape index (κ1) is 15.3. The summed E-state index contributed by atoms with van der Waals surface area (Å²) in [6.45, 7) is 7.39. The molecule has 2 aromatic rings. The predicted octanol–water partition coefficient (Wildman–Crippen LogP) is 3.99. The van der Waals surface area contributed by atoms with Gasteiger partial charge in [-0.1, -0.05) is 36.9 Å². The zero-order valence-electron chi connectivity index (χ0n) is 12.2. The molecule has 0 aromatic heterocycles. The van der Waals surface area contributed by atoms with Gasteiger partial charge in [-0.15, -0.1) is 0 Å². The van der Waals surface area contributed by atoms with Gasteiger partial charge in [0, 0.05) is 13.1 Å². The normalized spacial score (nSPS) is 10.4. The number of rotatable bonds is 7. The van der Waals surface area contributed by atoms with Crippen molar-refractivity contribution in [2.45, 2.75) is 20.0 Å². The molecule has 0 unspecified atom stereocenters. The molecule has 2 rings (SSSR count). The van der Waals surface area contributed by atoms with E-state index in [2.05, 4.69) is 11.9 Å². The number of hydrogen-bond donors (Lipinski definition) is 1. The fourth-order valence-electron chi connectivity index (χ4n) is 2.03. The minimum absolute atomic E-state index is 0.158. The highest BCUT2D eigenvalue weighted by molar-refractivity contribution is 5.28. The van der Waals surface area contributed by atoms with Crippen LogP contribution in [0.4, 0.5) is 4.39 Å². The lowest BCUT2D eigenvalue weighted by atomic mass is 10.1. The average molecular weight is 285 g/mol. The standard InChI is InChI=1S/C18H20FNO/c1-3-10-21-17-7-4-15(5-8-17)12-20-13-16-6-9-18(19)14(2)11-16/h3-9,11,20H,1,10,12-13H2,2H3. The third-order valence-electron chi connectivity index (χ3n) is 3.17. The predicted molar refractivity (Wildman–Crippen MR) is 83.8 cm³/mol. The fourth-order valence-corrected chi connectivity index (χ4v) is 2.03. The zero-order chi connectivity index (χ0) is 15.1. The van der Waals surface area contributed by atoms with Crippen molar-refractivity contribution >= 4 is 0 Å². The Morgan fingerprint density at radius 1 is 1.10 bits per heavy atom. The lowest BCUT2D eigenvalue weighted by Crippen LogP contribution is -2.12. The van der Waals surface area contributed by atoms with Crippen LogP contribution in [0.3, 0.4) is 0 Å². The Morgan fingerprint density at radius 3 is 2.43 bits per heavy atom. The smallest absolute Gasteiger partial charge is 0.126 e. The summed E-state index contributed by atoms with van der Waals surface area (Å²) in [5, 5.41) is 3.35. The van der Waals surface area contributed by atoms with Gasteiger partial charge in [0.1, 0.15) is 18.2 Å². The third kappa shape index (κ3) is 4.72. The second-order valence-corrected chi connectivity index (χ2v) is 4.93. The first-order valence-electron chi connectivity index (χ1n) is 6.97. The van der Waals surface area contributed by atoms with Crippen molar-refractivity contribution in [2.75, 3.05) is 6.61 Å². The van der Waals surface area contributed by atoms with Crippen molar-refractivity contribution in [3.05, 3.63) is 77.6 Å². The molecule has 21 heavy (non-hydrogen) atoms. The summed E-state index contributed by atoms with van der Waals surface area (Å²) in [7, 11) is 0. The molecule has 0 aliphatic rings. The number of aryl methyl sites for hydroxylation is 1. The molecular formula is C18H20FNO. The minimum Gasteiger partial charge on any atom is -0.490 e. The maximum absolute atomic E-state index is 13.2. The number of halogens is 1. The maximum Gasteiger partial charge on any atom is 0.126 e. The van der Waals surface area contributed by atoms with Gasteiger partial charge in [0.15, 0.2) is 0 Å². The minimum atomic E-state index is -0.158. The fraction of sp³-hybridized carbons (Fsp3) is 0.222. The molecule has 0 aliphatic carbocycles. The van der Waals surface area contributed by atoms with Crippen molar-refractivity contribution in [1.29, 1.82) is 0 Å². The lowest BCUT2D eigenvalue weighted by Gasteiger charge is -2.08. The van der Waals surface area contributed by atoms with E-state index in [1.807, 2.05) is 36.4 Å². The van der Waals surface area contributed by atoms with Crippen LogP contribution in [0.25, 0.3) is 0 Å². The van der Waals surface area contributed by atoms with E-state index in [-0.39, 0.29) is 5.82 Å². The van der Waals surface area contributed by atoms with Crippen LogP contribution in [0.2, 0.25) is 0 Å². The Morgan fingerprint density at radius 2 is 1.76 bits per heavy atom. The highest BCUT2D eigenvalue weighted by atomic mass is 19.1. The molecule has 2 nitrogen and oxygen atoms in total. The van der Waals surface area contributed by atoms with Crippen LogP contribution < -0.4 is 10.1 Å². The van der Waals surface area contributed by atoms with E-state index in [4.69, 9.17) is 4.74 Å². The SMILES string of the molecule is C=CCOc1ccc(CNCc2ccc(F)c(C)c2)cc1. The van der Waals surface area contributed by atoms with E-state index in [1.54, 1.807) is 13.0 Å². The summed E-state index contributed by atoms with van der Waals surface area (Å²) in [6.07, 6.45) is 1.72. The van der Waals surface area contributed by atoms with Gasteiger partial charge >= 0.3 is 0 Å². The zero-order valence-corrected chi connectivity index (χ0v) is 12.2. The van der Waals surface area contributed by atoms with Crippen molar-refractivity contribution in [1.82, 2.24) is 5.32 Å². The highest BCUT2D eigenvalue weighted by Crippen LogP contribution is 2.13. The van der Waals surface area contributed by atoms with E-state index >= 15 is 0 Å². The van der Waals surface area contributed by atoms with Gasteiger partial charge in [-0.2, -0.15) is 0 Å². The molecule has 0 saturated heterocycles. The van der Waals surface area contributed by atoms with Gasteiger partial charge < -0.3 is 10.1 Å². The molecule has 0 atom stereocenters. The largest absolute Gasteiger partial charge is 0.490 e.